The second kappa shape index (κ2) is 4.63. The summed E-state index contributed by atoms with van der Waals surface area (Å²) in [5.41, 5.74) is 0. The van der Waals surface area contributed by atoms with Crippen LogP contribution in [-0.4, -0.2) is 23.9 Å². The Morgan fingerprint density at radius 3 is 2.43 bits per heavy atom. The van der Waals surface area contributed by atoms with E-state index < -0.39 is 0 Å². The third kappa shape index (κ3) is 2.12. The Morgan fingerprint density at radius 1 is 1.21 bits per heavy atom. The summed E-state index contributed by atoms with van der Waals surface area (Å²) in [4.78, 5) is 0. The summed E-state index contributed by atoms with van der Waals surface area (Å²) < 4.78 is 5.84. The maximum atomic E-state index is 9.84. The van der Waals surface area contributed by atoms with Crippen LogP contribution in [0.4, 0.5) is 0 Å². The average Bonchev–Trinajstić information content (AvgIpc) is 2.41. The second-order valence-electron chi connectivity index (χ2n) is 4.91. The molecule has 1 N–H and O–H groups in total. The van der Waals surface area contributed by atoms with Gasteiger partial charge in [0.1, 0.15) is 0 Å². The Balaban J connectivity index is 1.76. The maximum Gasteiger partial charge on any atom is 0.0598 e. The van der Waals surface area contributed by atoms with Crippen LogP contribution in [0.3, 0.4) is 0 Å². The first kappa shape index (κ1) is 10.4. The van der Waals surface area contributed by atoms with Crippen LogP contribution in [0.1, 0.15) is 45.4 Å². The van der Waals surface area contributed by atoms with Crippen molar-refractivity contribution in [1.29, 1.82) is 0 Å². The third-order valence-corrected chi connectivity index (χ3v) is 3.86. The molecule has 2 rings (SSSR count). The molecule has 2 heteroatoms. The SMILES string of the molecule is CCCCO[C@@H]1C[C@H]2CC[C@@H](C1)C2O. The topological polar surface area (TPSA) is 29.5 Å². The number of aliphatic hydroxyl groups is 1. The van der Waals surface area contributed by atoms with Crippen molar-refractivity contribution in [2.75, 3.05) is 6.61 Å². The summed E-state index contributed by atoms with van der Waals surface area (Å²) in [6.45, 7) is 3.11. The molecule has 0 amide bonds. The van der Waals surface area contributed by atoms with E-state index in [9.17, 15) is 5.11 Å². The predicted molar refractivity (Wildman–Crippen MR) is 56.1 cm³/mol. The highest BCUT2D eigenvalue weighted by Gasteiger charge is 2.41. The number of aliphatic hydroxyl groups excluding tert-OH is 1. The van der Waals surface area contributed by atoms with Gasteiger partial charge in [-0.1, -0.05) is 13.3 Å². The second-order valence-corrected chi connectivity index (χ2v) is 4.91. The molecule has 4 atom stereocenters. The Morgan fingerprint density at radius 2 is 1.86 bits per heavy atom. The maximum absolute atomic E-state index is 9.84. The van der Waals surface area contributed by atoms with Gasteiger partial charge >= 0.3 is 0 Å². The number of hydrogen-bond donors (Lipinski definition) is 1. The van der Waals surface area contributed by atoms with E-state index in [-0.39, 0.29) is 6.10 Å². The van der Waals surface area contributed by atoms with Crippen molar-refractivity contribution in [3.63, 3.8) is 0 Å². The summed E-state index contributed by atoms with van der Waals surface area (Å²) >= 11 is 0. The Kier molecular flexibility index (Phi) is 3.45. The molecule has 82 valence electrons. The minimum absolute atomic E-state index is 0.0129. The van der Waals surface area contributed by atoms with Crippen molar-refractivity contribution in [1.82, 2.24) is 0 Å². The van der Waals surface area contributed by atoms with Crippen molar-refractivity contribution < 1.29 is 9.84 Å². The van der Waals surface area contributed by atoms with Gasteiger partial charge in [0, 0.05) is 6.61 Å². The molecule has 0 aromatic carbocycles. The molecule has 0 spiro atoms. The fourth-order valence-corrected chi connectivity index (χ4v) is 2.97. The zero-order valence-corrected chi connectivity index (χ0v) is 9.11. The Labute approximate surface area is 86.6 Å². The molecule has 0 aromatic heterocycles. The summed E-state index contributed by atoms with van der Waals surface area (Å²) in [6, 6.07) is 0. The van der Waals surface area contributed by atoms with Gasteiger partial charge in [0.25, 0.3) is 0 Å². The molecule has 2 saturated carbocycles. The van der Waals surface area contributed by atoms with Gasteiger partial charge in [0.15, 0.2) is 0 Å². The minimum atomic E-state index is -0.0129. The first-order valence-corrected chi connectivity index (χ1v) is 6.11. The van der Waals surface area contributed by atoms with Crippen LogP contribution in [0.25, 0.3) is 0 Å². The molecule has 0 heterocycles. The van der Waals surface area contributed by atoms with Gasteiger partial charge in [-0.2, -0.15) is 0 Å². The van der Waals surface area contributed by atoms with Crippen LogP contribution in [-0.2, 0) is 4.74 Å². The molecular formula is C12H22O2. The van der Waals surface area contributed by atoms with Crippen LogP contribution in [0.2, 0.25) is 0 Å². The van der Waals surface area contributed by atoms with E-state index in [1.165, 1.54) is 25.7 Å². The molecular weight excluding hydrogens is 176 g/mol. The van der Waals surface area contributed by atoms with Crippen LogP contribution >= 0.6 is 0 Å². The standard InChI is InChI=1S/C12H22O2/c1-2-3-6-14-11-7-9-4-5-10(8-11)12(9)13/h9-13H,2-8H2,1H3/t9-,10+,11-,12?. The molecule has 2 aliphatic carbocycles. The molecule has 0 radical (unpaired) electrons. The Hall–Kier alpha value is -0.0800. The van der Waals surface area contributed by atoms with Gasteiger partial charge in [0.2, 0.25) is 0 Å². The molecule has 2 fully saturated rings. The molecule has 0 saturated heterocycles. The minimum Gasteiger partial charge on any atom is -0.393 e. The van der Waals surface area contributed by atoms with Gasteiger partial charge in [-0.25, -0.2) is 0 Å². The highest BCUT2D eigenvalue weighted by atomic mass is 16.5. The van der Waals surface area contributed by atoms with Gasteiger partial charge in [-0.05, 0) is 43.9 Å². The van der Waals surface area contributed by atoms with E-state index in [2.05, 4.69) is 6.92 Å². The molecule has 14 heavy (non-hydrogen) atoms. The normalized spacial score (nSPS) is 41.6. The molecule has 2 bridgehead atoms. The summed E-state index contributed by atoms with van der Waals surface area (Å²) in [5, 5.41) is 9.84. The van der Waals surface area contributed by atoms with E-state index in [0.29, 0.717) is 17.9 Å². The van der Waals surface area contributed by atoms with E-state index in [4.69, 9.17) is 4.74 Å². The van der Waals surface area contributed by atoms with Crippen LogP contribution in [0.5, 0.6) is 0 Å². The van der Waals surface area contributed by atoms with Crippen molar-refractivity contribution in [2.24, 2.45) is 11.8 Å². The van der Waals surface area contributed by atoms with Crippen LogP contribution < -0.4 is 0 Å². The molecule has 0 aliphatic heterocycles. The molecule has 2 nitrogen and oxygen atoms in total. The fraction of sp³-hybridized carbons (Fsp3) is 1.00. The lowest BCUT2D eigenvalue weighted by Gasteiger charge is -2.32. The van der Waals surface area contributed by atoms with E-state index in [0.717, 1.165) is 19.4 Å². The first-order chi connectivity index (χ1) is 6.81. The molecule has 0 aromatic rings. The average molecular weight is 198 g/mol. The lowest BCUT2D eigenvalue weighted by molar-refractivity contribution is -0.0410. The highest BCUT2D eigenvalue weighted by Crippen LogP contribution is 2.43. The number of hydrogen-bond acceptors (Lipinski definition) is 2. The van der Waals surface area contributed by atoms with Crippen molar-refractivity contribution >= 4 is 0 Å². The van der Waals surface area contributed by atoms with Gasteiger partial charge < -0.3 is 9.84 Å². The number of unbranched alkanes of at least 4 members (excludes halogenated alkanes) is 1. The van der Waals surface area contributed by atoms with Crippen molar-refractivity contribution in [3.05, 3.63) is 0 Å². The summed E-state index contributed by atoms with van der Waals surface area (Å²) in [7, 11) is 0. The molecule has 2 aliphatic rings. The number of ether oxygens (including phenoxy) is 1. The first-order valence-electron chi connectivity index (χ1n) is 6.11. The highest BCUT2D eigenvalue weighted by molar-refractivity contribution is 4.92. The quantitative estimate of drug-likeness (QED) is 0.703. The monoisotopic (exact) mass is 198 g/mol. The largest absolute Gasteiger partial charge is 0.393 e. The Bertz CT molecular complexity index is 167. The predicted octanol–water partition coefficient (Wildman–Crippen LogP) is 2.35. The fourth-order valence-electron chi connectivity index (χ4n) is 2.97. The van der Waals surface area contributed by atoms with Gasteiger partial charge in [-0.3, -0.25) is 0 Å². The van der Waals surface area contributed by atoms with E-state index >= 15 is 0 Å². The smallest absolute Gasteiger partial charge is 0.0598 e. The van der Waals surface area contributed by atoms with Crippen molar-refractivity contribution in [2.45, 2.75) is 57.7 Å². The summed E-state index contributed by atoms with van der Waals surface area (Å²) in [6.07, 6.45) is 7.46. The summed E-state index contributed by atoms with van der Waals surface area (Å²) in [5.74, 6) is 1.08. The van der Waals surface area contributed by atoms with E-state index in [1.54, 1.807) is 0 Å². The van der Waals surface area contributed by atoms with Crippen LogP contribution in [0.15, 0.2) is 0 Å². The lowest BCUT2D eigenvalue weighted by Crippen LogP contribution is -2.34. The zero-order chi connectivity index (χ0) is 9.97. The molecule has 1 unspecified atom stereocenters. The van der Waals surface area contributed by atoms with Crippen molar-refractivity contribution in [3.8, 4) is 0 Å². The lowest BCUT2D eigenvalue weighted by atomic mass is 9.84. The zero-order valence-electron chi connectivity index (χ0n) is 9.11. The number of fused-ring (bicyclic) bond motifs is 2. The third-order valence-electron chi connectivity index (χ3n) is 3.86. The van der Waals surface area contributed by atoms with Gasteiger partial charge in [0.05, 0.1) is 12.2 Å². The van der Waals surface area contributed by atoms with Gasteiger partial charge in [-0.15, -0.1) is 0 Å². The van der Waals surface area contributed by atoms with Crippen LogP contribution in [0, 0.1) is 11.8 Å². The number of rotatable bonds is 4. The van der Waals surface area contributed by atoms with E-state index in [1.807, 2.05) is 0 Å².